The monoisotopic (exact) mass is 312 g/mol. The zero-order valence-corrected chi connectivity index (χ0v) is 12.5. The number of carbonyl (C=O) groups is 2. The lowest BCUT2D eigenvalue weighted by Gasteiger charge is -2.08. The Bertz CT molecular complexity index is 574. The second-order valence-electron chi connectivity index (χ2n) is 4.41. The van der Waals surface area contributed by atoms with Crippen LogP contribution in [0.15, 0.2) is 12.1 Å². The average molecular weight is 312 g/mol. The van der Waals surface area contributed by atoms with E-state index >= 15 is 0 Å². The first-order valence-corrected chi connectivity index (χ1v) is 7.31. The zero-order valence-electron chi connectivity index (χ0n) is 11.7. The van der Waals surface area contributed by atoms with E-state index in [0.717, 1.165) is 0 Å². The number of nitro groups is 1. The second kappa shape index (κ2) is 7.63. The minimum Gasteiger partial charge on any atom is -0.481 e. The van der Waals surface area contributed by atoms with Crippen LogP contribution in [0.25, 0.3) is 0 Å². The summed E-state index contributed by atoms with van der Waals surface area (Å²) in [4.78, 5) is 32.7. The van der Waals surface area contributed by atoms with Crippen LogP contribution in [0.2, 0.25) is 0 Å². The Labute approximate surface area is 125 Å². The number of benzene rings is 1. The van der Waals surface area contributed by atoms with Crippen LogP contribution in [-0.4, -0.2) is 40.0 Å². The molecule has 0 heterocycles. The number of hydrogen-bond acceptors (Lipinski definition) is 5. The van der Waals surface area contributed by atoms with Crippen molar-refractivity contribution in [3.8, 4) is 0 Å². The molecule has 0 aliphatic heterocycles. The van der Waals surface area contributed by atoms with Crippen molar-refractivity contribution in [2.24, 2.45) is 0 Å². The van der Waals surface area contributed by atoms with E-state index in [4.69, 9.17) is 5.11 Å². The Morgan fingerprint density at radius 1 is 1.33 bits per heavy atom. The van der Waals surface area contributed by atoms with Crippen molar-refractivity contribution in [1.82, 2.24) is 5.32 Å². The number of aliphatic carboxylic acids is 1. The van der Waals surface area contributed by atoms with Gasteiger partial charge < -0.3 is 10.4 Å². The summed E-state index contributed by atoms with van der Waals surface area (Å²) in [5, 5.41) is 22.0. The molecule has 0 fully saturated rings. The fourth-order valence-corrected chi connectivity index (χ4v) is 2.34. The molecular weight excluding hydrogens is 296 g/mol. The van der Waals surface area contributed by atoms with Crippen LogP contribution in [0, 0.1) is 24.0 Å². The third kappa shape index (κ3) is 5.07. The van der Waals surface area contributed by atoms with Gasteiger partial charge in [-0.2, -0.15) is 0 Å². The van der Waals surface area contributed by atoms with Crippen LogP contribution in [-0.2, 0) is 4.79 Å². The predicted molar refractivity (Wildman–Crippen MR) is 79.9 cm³/mol. The highest BCUT2D eigenvalue weighted by Crippen LogP contribution is 2.22. The normalized spacial score (nSPS) is 10.2. The number of amides is 1. The minimum absolute atomic E-state index is 0.0229. The molecule has 0 bridgehead atoms. The molecule has 0 radical (unpaired) electrons. The van der Waals surface area contributed by atoms with E-state index in [0.29, 0.717) is 23.4 Å². The number of rotatable bonds is 7. The SMILES string of the molecule is Cc1cc(C)c([N+](=O)[O-])cc1C(=O)NCCSCC(=O)O. The highest BCUT2D eigenvalue weighted by atomic mass is 32.2. The van der Waals surface area contributed by atoms with Crippen molar-refractivity contribution in [2.45, 2.75) is 13.8 Å². The first-order valence-electron chi connectivity index (χ1n) is 6.16. The molecule has 0 aliphatic rings. The number of carboxylic acid groups (broad SMARTS) is 1. The molecule has 21 heavy (non-hydrogen) atoms. The number of carboxylic acids is 1. The van der Waals surface area contributed by atoms with Gasteiger partial charge in [0.05, 0.1) is 10.7 Å². The summed E-state index contributed by atoms with van der Waals surface area (Å²) in [6.07, 6.45) is 0. The topological polar surface area (TPSA) is 110 Å². The molecule has 7 nitrogen and oxygen atoms in total. The Balaban J connectivity index is 2.68. The first kappa shape index (κ1) is 17.0. The van der Waals surface area contributed by atoms with Gasteiger partial charge >= 0.3 is 5.97 Å². The summed E-state index contributed by atoms with van der Waals surface area (Å²) in [5.74, 6) is -0.862. The van der Waals surface area contributed by atoms with Crippen molar-refractivity contribution >= 4 is 29.3 Å². The lowest BCUT2D eigenvalue weighted by atomic mass is 10.0. The van der Waals surface area contributed by atoms with E-state index in [-0.39, 0.29) is 17.0 Å². The van der Waals surface area contributed by atoms with Gasteiger partial charge in [-0.15, -0.1) is 11.8 Å². The molecule has 0 aromatic heterocycles. The van der Waals surface area contributed by atoms with Crippen molar-refractivity contribution in [3.63, 3.8) is 0 Å². The molecule has 1 aromatic carbocycles. The molecule has 0 unspecified atom stereocenters. The Hall–Kier alpha value is -2.09. The molecule has 0 spiro atoms. The van der Waals surface area contributed by atoms with Crippen molar-refractivity contribution < 1.29 is 19.6 Å². The average Bonchev–Trinajstić information content (AvgIpc) is 2.37. The van der Waals surface area contributed by atoms with E-state index in [1.54, 1.807) is 19.9 Å². The van der Waals surface area contributed by atoms with E-state index in [1.807, 2.05) is 0 Å². The molecule has 0 saturated heterocycles. The summed E-state index contributed by atoms with van der Waals surface area (Å²) in [6, 6.07) is 2.87. The number of nitrogens with zero attached hydrogens (tertiary/aromatic N) is 1. The van der Waals surface area contributed by atoms with Crippen LogP contribution in [0.3, 0.4) is 0 Å². The van der Waals surface area contributed by atoms with Gasteiger partial charge in [0.2, 0.25) is 0 Å². The number of aryl methyl sites for hydroxylation is 2. The molecule has 0 aliphatic carbocycles. The fourth-order valence-electron chi connectivity index (χ4n) is 1.77. The highest BCUT2D eigenvalue weighted by Gasteiger charge is 2.17. The van der Waals surface area contributed by atoms with Crippen LogP contribution < -0.4 is 5.32 Å². The molecule has 0 atom stereocenters. The quantitative estimate of drug-likeness (QED) is 0.451. The smallest absolute Gasteiger partial charge is 0.313 e. The third-order valence-electron chi connectivity index (χ3n) is 2.74. The zero-order chi connectivity index (χ0) is 16.0. The third-order valence-corrected chi connectivity index (χ3v) is 3.69. The second-order valence-corrected chi connectivity index (χ2v) is 5.52. The molecule has 1 amide bonds. The molecule has 1 aromatic rings. The van der Waals surface area contributed by atoms with Crippen LogP contribution >= 0.6 is 11.8 Å². The van der Waals surface area contributed by atoms with Crippen molar-refractivity contribution in [2.75, 3.05) is 18.1 Å². The van der Waals surface area contributed by atoms with E-state index in [1.165, 1.54) is 17.8 Å². The summed E-state index contributed by atoms with van der Waals surface area (Å²) in [7, 11) is 0. The summed E-state index contributed by atoms with van der Waals surface area (Å²) in [6.45, 7) is 3.64. The Kier molecular flexibility index (Phi) is 6.16. The molecule has 0 saturated carbocycles. The molecule has 114 valence electrons. The first-order chi connectivity index (χ1) is 9.82. The highest BCUT2D eigenvalue weighted by molar-refractivity contribution is 7.99. The lowest BCUT2D eigenvalue weighted by Crippen LogP contribution is -2.26. The summed E-state index contributed by atoms with van der Waals surface area (Å²) < 4.78 is 0. The standard InChI is InChI=1S/C13H16N2O5S/c1-8-5-9(2)11(15(19)20)6-10(8)13(18)14-3-4-21-7-12(16)17/h5-6H,3-4,7H2,1-2H3,(H,14,18)(H,16,17). The van der Waals surface area contributed by atoms with Crippen LogP contribution in [0.1, 0.15) is 21.5 Å². The molecule has 2 N–H and O–H groups in total. The van der Waals surface area contributed by atoms with Gasteiger partial charge in [0.25, 0.3) is 11.6 Å². The van der Waals surface area contributed by atoms with Gasteiger partial charge in [-0.1, -0.05) is 0 Å². The largest absolute Gasteiger partial charge is 0.481 e. The number of thioether (sulfide) groups is 1. The van der Waals surface area contributed by atoms with E-state index < -0.39 is 16.8 Å². The number of carbonyl (C=O) groups excluding carboxylic acids is 1. The fraction of sp³-hybridized carbons (Fsp3) is 0.385. The summed E-state index contributed by atoms with van der Waals surface area (Å²) >= 11 is 1.19. The van der Waals surface area contributed by atoms with Crippen molar-refractivity contribution in [1.29, 1.82) is 0 Å². The van der Waals surface area contributed by atoms with Gasteiger partial charge in [-0.3, -0.25) is 19.7 Å². The minimum atomic E-state index is -0.906. The molecular formula is C13H16N2O5S. The number of nitrogens with one attached hydrogen (secondary N) is 1. The maximum Gasteiger partial charge on any atom is 0.313 e. The predicted octanol–water partition coefficient (Wildman–Crippen LogP) is 1.76. The number of hydrogen-bond donors (Lipinski definition) is 2. The van der Waals surface area contributed by atoms with E-state index in [9.17, 15) is 19.7 Å². The van der Waals surface area contributed by atoms with Gasteiger partial charge in [-0.05, 0) is 25.5 Å². The Morgan fingerprint density at radius 2 is 2.00 bits per heavy atom. The van der Waals surface area contributed by atoms with Crippen LogP contribution in [0.4, 0.5) is 5.69 Å². The summed E-state index contributed by atoms with van der Waals surface area (Å²) in [5.41, 5.74) is 1.33. The van der Waals surface area contributed by atoms with Crippen molar-refractivity contribution in [3.05, 3.63) is 38.9 Å². The van der Waals surface area contributed by atoms with Crippen LogP contribution in [0.5, 0.6) is 0 Å². The van der Waals surface area contributed by atoms with E-state index in [2.05, 4.69) is 5.32 Å². The molecule has 1 rings (SSSR count). The van der Waals surface area contributed by atoms with Gasteiger partial charge in [0.1, 0.15) is 0 Å². The van der Waals surface area contributed by atoms with Gasteiger partial charge in [0, 0.05) is 29.5 Å². The van der Waals surface area contributed by atoms with Gasteiger partial charge in [-0.25, -0.2) is 0 Å². The van der Waals surface area contributed by atoms with Gasteiger partial charge in [0.15, 0.2) is 0 Å². The maximum absolute atomic E-state index is 12.0. The molecule has 8 heteroatoms. The number of nitro benzene ring substituents is 1. The Morgan fingerprint density at radius 3 is 2.57 bits per heavy atom. The maximum atomic E-state index is 12.0. The lowest BCUT2D eigenvalue weighted by molar-refractivity contribution is -0.385.